The van der Waals surface area contributed by atoms with Gasteiger partial charge in [0.05, 0.1) is 11.4 Å². The Morgan fingerprint density at radius 3 is 2.60 bits per heavy atom. The molecule has 0 atom stereocenters. The number of piperazine rings is 1. The van der Waals surface area contributed by atoms with Gasteiger partial charge in [-0.1, -0.05) is 6.92 Å². The molecular weight excluding hydrogens is 316 g/mol. The number of likely N-dealkylation sites (N-methyl/N-ethyl adjacent to an activating group) is 1. The molecule has 1 aliphatic heterocycles. The Labute approximate surface area is 150 Å². The van der Waals surface area contributed by atoms with E-state index in [4.69, 9.17) is 10.5 Å². The quantitative estimate of drug-likeness (QED) is 0.822. The van der Waals surface area contributed by atoms with Crippen LogP contribution < -0.4 is 16.0 Å². The topological polar surface area (TPSA) is 70.8 Å². The largest absolute Gasteiger partial charge is 0.444 e. The molecule has 2 aliphatic rings. The molecular formula is C19H30N4O2. The lowest BCUT2D eigenvalue weighted by atomic mass is 10.1. The Morgan fingerprint density at radius 2 is 2.04 bits per heavy atom. The van der Waals surface area contributed by atoms with Gasteiger partial charge in [-0.25, -0.2) is 4.79 Å². The highest BCUT2D eigenvalue weighted by Crippen LogP contribution is 2.45. The van der Waals surface area contributed by atoms with E-state index in [0.29, 0.717) is 16.9 Å². The number of ether oxygens (including phenoxy) is 1. The highest BCUT2D eigenvalue weighted by molar-refractivity contribution is 5.90. The fourth-order valence-electron chi connectivity index (χ4n) is 3.62. The van der Waals surface area contributed by atoms with Gasteiger partial charge in [0.15, 0.2) is 0 Å². The maximum atomic E-state index is 11.9. The van der Waals surface area contributed by atoms with Gasteiger partial charge in [0.1, 0.15) is 5.60 Å². The number of nitrogens with zero attached hydrogens (tertiary/aromatic N) is 2. The molecule has 2 fully saturated rings. The van der Waals surface area contributed by atoms with Crippen LogP contribution in [0.1, 0.15) is 40.5 Å². The number of anilines is 3. The summed E-state index contributed by atoms with van der Waals surface area (Å²) in [6, 6.07) is 5.84. The molecule has 25 heavy (non-hydrogen) atoms. The SMILES string of the molecule is CCN1CCN(c2ccc(NC(=O)OC(C)(C)C)c(N)c2)CC12CC2. The predicted octanol–water partition coefficient (Wildman–Crippen LogP) is 3.29. The van der Waals surface area contributed by atoms with Gasteiger partial charge in [-0.15, -0.1) is 0 Å². The molecule has 138 valence electrons. The zero-order valence-electron chi connectivity index (χ0n) is 15.8. The first-order valence-corrected chi connectivity index (χ1v) is 9.12. The first-order chi connectivity index (χ1) is 11.7. The van der Waals surface area contributed by atoms with E-state index in [1.807, 2.05) is 39.0 Å². The van der Waals surface area contributed by atoms with Crippen molar-refractivity contribution >= 4 is 23.2 Å². The number of carbonyl (C=O) groups excluding carboxylic acids is 1. The highest BCUT2D eigenvalue weighted by Gasteiger charge is 2.50. The summed E-state index contributed by atoms with van der Waals surface area (Å²) in [5.74, 6) is 0. The summed E-state index contributed by atoms with van der Waals surface area (Å²) < 4.78 is 5.28. The predicted molar refractivity (Wildman–Crippen MR) is 102 cm³/mol. The molecule has 1 spiro atoms. The molecule has 3 rings (SSSR count). The van der Waals surface area contributed by atoms with Crippen molar-refractivity contribution in [3.8, 4) is 0 Å². The summed E-state index contributed by atoms with van der Waals surface area (Å²) in [6.07, 6.45) is 2.08. The summed E-state index contributed by atoms with van der Waals surface area (Å²) in [6.45, 7) is 12.0. The van der Waals surface area contributed by atoms with Crippen LogP contribution in [-0.2, 0) is 4.74 Å². The molecule has 3 N–H and O–H groups in total. The maximum absolute atomic E-state index is 11.9. The molecule has 1 aliphatic carbocycles. The summed E-state index contributed by atoms with van der Waals surface area (Å²) in [4.78, 5) is 16.9. The van der Waals surface area contributed by atoms with Crippen LogP contribution in [0, 0.1) is 0 Å². The minimum atomic E-state index is -0.531. The van der Waals surface area contributed by atoms with Gasteiger partial charge in [0.2, 0.25) is 0 Å². The second-order valence-electron chi connectivity index (χ2n) is 8.12. The smallest absolute Gasteiger partial charge is 0.412 e. The fourth-order valence-corrected chi connectivity index (χ4v) is 3.62. The number of rotatable bonds is 3. The van der Waals surface area contributed by atoms with Crippen molar-refractivity contribution in [3.05, 3.63) is 18.2 Å². The van der Waals surface area contributed by atoms with Gasteiger partial charge in [-0.3, -0.25) is 10.2 Å². The summed E-state index contributed by atoms with van der Waals surface area (Å²) in [5.41, 5.74) is 8.28. The molecule has 1 saturated heterocycles. The number of nitrogens with two attached hydrogens (primary N) is 1. The van der Waals surface area contributed by atoms with Crippen LogP contribution in [0.3, 0.4) is 0 Å². The highest BCUT2D eigenvalue weighted by atomic mass is 16.6. The molecule has 1 aromatic rings. The average Bonchev–Trinajstić information content (AvgIpc) is 3.27. The van der Waals surface area contributed by atoms with E-state index in [0.717, 1.165) is 31.9 Å². The lowest BCUT2D eigenvalue weighted by Crippen LogP contribution is -2.54. The number of benzene rings is 1. The van der Waals surface area contributed by atoms with Crippen LogP contribution in [0.5, 0.6) is 0 Å². The van der Waals surface area contributed by atoms with Crippen LogP contribution in [0.2, 0.25) is 0 Å². The Hall–Kier alpha value is -1.95. The standard InChI is InChI=1S/C19H30N4O2/c1-5-23-11-10-22(13-19(23)8-9-19)14-6-7-16(15(20)12-14)21-17(24)25-18(2,3)4/h6-7,12H,5,8-11,13,20H2,1-4H3,(H,21,24). The first kappa shape index (κ1) is 17.9. The van der Waals surface area contributed by atoms with Crippen molar-refractivity contribution in [3.63, 3.8) is 0 Å². The van der Waals surface area contributed by atoms with Crippen LogP contribution in [-0.4, -0.2) is 48.3 Å². The van der Waals surface area contributed by atoms with Crippen LogP contribution in [0.25, 0.3) is 0 Å². The molecule has 6 heteroatoms. The summed E-state index contributed by atoms with van der Waals surface area (Å²) >= 11 is 0. The van der Waals surface area contributed by atoms with E-state index in [1.165, 1.54) is 12.8 Å². The lowest BCUT2D eigenvalue weighted by molar-refractivity contribution is 0.0636. The molecule has 0 aromatic heterocycles. The van der Waals surface area contributed by atoms with Crippen LogP contribution >= 0.6 is 0 Å². The van der Waals surface area contributed by atoms with Gasteiger partial charge in [-0.05, 0) is 58.4 Å². The Kier molecular flexibility index (Phi) is 4.58. The third-order valence-corrected chi connectivity index (χ3v) is 5.04. The van der Waals surface area contributed by atoms with Crippen molar-refractivity contribution in [2.45, 2.75) is 51.7 Å². The van der Waals surface area contributed by atoms with Crippen molar-refractivity contribution in [1.29, 1.82) is 0 Å². The Bertz CT molecular complexity index is 649. The second kappa shape index (κ2) is 6.41. The number of nitrogens with one attached hydrogen (secondary N) is 1. The number of hydrogen-bond acceptors (Lipinski definition) is 5. The van der Waals surface area contributed by atoms with Gasteiger partial charge in [0, 0.05) is 30.9 Å². The van der Waals surface area contributed by atoms with E-state index in [2.05, 4.69) is 22.0 Å². The number of nitrogen functional groups attached to an aromatic ring is 1. The normalized spacial score (nSPS) is 19.8. The van der Waals surface area contributed by atoms with E-state index in [1.54, 1.807) is 0 Å². The summed E-state index contributed by atoms with van der Waals surface area (Å²) in [5, 5.41) is 2.73. The first-order valence-electron chi connectivity index (χ1n) is 9.12. The third kappa shape index (κ3) is 4.00. The minimum Gasteiger partial charge on any atom is -0.444 e. The zero-order chi connectivity index (χ0) is 18.2. The number of carbonyl (C=O) groups is 1. The Balaban J connectivity index is 1.67. The number of hydrogen-bond donors (Lipinski definition) is 2. The molecule has 1 aromatic carbocycles. The van der Waals surface area contributed by atoms with Gasteiger partial charge in [-0.2, -0.15) is 0 Å². The Morgan fingerprint density at radius 1 is 1.32 bits per heavy atom. The van der Waals surface area contributed by atoms with Crippen molar-refractivity contribution in [2.24, 2.45) is 0 Å². The summed E-state index contributed by atoms with van der Waals surface area (Å²) in [7, 11) is 0. The molecule has 0 bridgehead atoms. The maximum Gasteiger partial charge on any atom is 0.412 e. The van der Waals surface area contributed by atoms with E-state index in [9.17, 15) is 4.79 Å². The molecule has 1 saturated carbocycles. The third-order valence-electron chi connectivity index (χ3n) is 5.04. The van der Waals surface area contributed by atoms with Crippen molar-refractivity contribution < 1.29 is 9.53 Å². The van der Waals surface area contributed by atoms with E-state index >= 15 is 0 Å². The minimum absolute atomic E-state index is 0.370. The van der Waals surface area contributed by atoms with E-state index in [-0.39, 0.29) is 0 Å². The second-order valence-corrected chi connectivity index (χ2v) is 8.12. The van der Waals surface area contributed by atoms with Crippen molar-refractivity contribution in [1.82, 2.24) is 4.90 Å². The molecule has 0 unspecified atom stereocenters. The average molecular weight is 346 g/mol. The van der Waals surface area contributed by atoms with E-state index < -0.39 is 11.7 Å². The molecule has 6 nitrogen and oxygen atoms in total. The lowest BCUT2D eigenvalue weighted by Gasteiger charge is -2.43. The molecule has 1 amide bonds. The van der Waals surface area contributed by atoms with Gasteiger partial charge >= 0.3 is 6.09 Å². The fraction of sp³-hybridized carbons (Fsp3) is 0.632. The van der Waals surface area contributed by atoms with Crippen LogP contribution in [0.4, 0.5) is 21.9 Å². The zero-order valence-corrected chi connectivity index (χ0v) is 15.8. The van der Waals surface area contributed by atoms with Crippen LogP contribution in [0.15, 0.2) is 18.2 Å². The monoisotopic (exact) mass is 346 g/mol. The van der Waals surface area contributed by atoms with Crippen molar-refractivity contribution in [2.75, 3.05) is 42.1 Å². The molecule has 1 heterocycles. The van der Waals surface area contributed by atoms with Gasteiger partial charge < -0.3 is 15.4 Å². The van der Waals surface area contributed by atoms with Gasteiger partial charge in [0.25, 0.3) is 0 Å². The molecule has 0 radical (unpaired) electrons. The number of amides is 1.